The van der Waals surface area contributed by atoms with E-state index in [1.54, 1.807) is 48.5 Å². The van der Waals surface area contributed by atoms with E-state index in [1.807, 2.05) is 0 Å². The van der Waals surface area contributed by atoms with Crippen molar-refractivity contribution >= 4 is 58.2 Å². The first kappa shape index (κ1) is 23.1. The third-order valence-corrected chi connectivity index (χ3v) is 5.74. The van der Waals surface area contributed by atoms with Gasteiger partial charge < -0.3 is 20.0 Å². The molecule has 1 N–H and O–H groups in total. The minimum atomic E-state index is -1.97. The van der Waals surface area contributed by atoms with Crippen molar-refractivity contribution in [3.05, 3.63) is 97.1 Å². The summed E-state index contributed by atoms with van der Waals surface area (Å²) in [6, 6.07) is 13.8. The van der Waals surface area contributed by atoms with E-state index in [9.17, 15) is 20.0 Å². The number of carboxylic acids is 1. The third kappa shape index (κ3) is 4.85. The van der Waals surface area contributed by atoms with Gasteiger partial charge in [0, 0.05) is 21.7 Å². The molecule has 1 aromatic heterocycles. The number of benzene rings is 2. The van der Waals surface area contributed by atoms with Crippen LogP contribution < -0.4 is 4.74 Å². The molecule has 11 heteroatoms. The van der Waals surface area contributed by atoms with Gasteiger partial charge in [0.2, 0.25) is 15.8 Å². The Morgan fingerprint density at radius 2 is 1.71 bits per heavy atom. The normalized spacial score (nSPS) is 11.2. The fourth-order valence-corrected chi connectivity index (χ4v) is 3.78. The Kier molecular flexibility index (Phi) is 6.91. The molecule has 1 heterocycles. The number of hydrogen-bond acceptors (Lipinski definition) is 5. The van der Waals surface area contributed by atoms with Crippen molar-refractivity contribution in [1.82, 2.24) is 4.98 Å². The highest BCUT2D eigenvalue weighted by atomic mass is 35.5. The molecule has 0 saturated carbocycles. The zero-order chi connectivity index (χ0) is 22.8. The van der Waals surface area contributed by atoms with Crippen molar-refractivity contribution < 1.29 is 19.6 Å². The summed E-state index contributed by atoms with van der Waals surface area (Å²) >= 11 is 25.0. The van der Waals surface area contributed by atoms with E-state index in [2.05, 4.69) is 4.98 Å². The SMILES string of the molecule is O=C(O)c1cc(OCc2c(Cl)cccc2Cl)c([N+](=O)[O-])nc1C(Cl)(Cl)c1ccccc1. The van der Waals surface area contributed by atoms with Gasteiger partial charge in [0.15, 0.2) is 0 Å². The molecule has 3 rings (SSSR count). The number of hydrogen-bond donors (Lipinski definition) is 1. The molecular formula is C20H12Cl4N2O5. The highest BCUT2D eigenvalue weighted by Gasteiger charge is 2.41. The van der Waals surface area contributed by atoms with Gasteiger partial charge in [-0.05, 0) is 27.6 Å². The highest BCUT2D eigenvalue weighted by Crippen LogP contribution is 2.44. The Hall–Kier alpha value is -2.58. The molecule has 0 aliphatic rings. The first-order chi connectivity index (χ1) is 14.6. The fourth-order valence-electron chi connectivity index (χ4n) is 2.73. The molecule has 160 valence electrons. The summed E-state index contributed by atoms with van der Waals surface area (Å²) in [5, 5.41) is 21.9. The summed E-state index contributed by atoms with van der Waals surface area (Å²) in [6.07, 6.45) is 0. The lowest BCUT2D eigenvalue weighted by Crippen LogP contribution is -2.20. The molecule has 3 aromatic rings. The Balaban J connectivity index is 2.11. The van der Waals surface area contributed by atoms with Crippen LogP contribution in [0.1, 0.15) is 27.2 Å². The van der Waals surface area contributed by atoms with Crippen LogP contribution >= 0.6 is 46.4 Å². The molecule has 0 bridgehead atoms. The molecule has 0 spiro atoms. The summed E-state index contributed by atoms with van der Waals surface area (Å²) in [4.78, 5) is 26.6. The molecule has 0 aliphatic carbocycles. The number of pyridine rings is 1. The maximum absolute atomic E-state index is 11.9. The minimum Gasteiger partial charge on any atom is -0.481 e. The number of nitrogens with zero attached hydrogens (tertiary/aromatic N) is 2. The van der Waals surface area contributed by atoms with Crippen LogP contribution in [0.2, 0.25) is 10.0 Å². The monoisotopic (exact) mass is 500 g/mol. The maximum atomic E-state index is 11.9. The molecule has 0 saturated heterocycles. The Morgan fingerprint density at radius 1 is 1.10 bits per heavy atom. The molecule has 7 nitrogen and oxygen atoms in total. The second-order valence-corrected chi connectivity index (χ2v) is 8.34. The number of carboxylic acid groups (broad SMARTS) is 1. The molecule has 0 unspecified atom stereocenters. The van der Waals surface area contributed by atoms with Crippen LogP contribution in [0.4, 0.5) is 5.82 Å². The van der Waals surface area contributed by atoms with Gasteiger partial charge in [0.05, 0.1) is 0 Å². The van der Waals surface area contributed by atoms with Crippen LogP contribution in [0, 0.1) is 10.1 Å². The van der Waals surface area contributed by atoms with Gasteiger partial charge in [-0.15, -0.1) is 0 Å². The quantitative estimate of drug-likeness (QED) is 0.233. The Morgan fingerprint density at radius 3 is 2.26 bits per heavy atom. The summed E-state index contributed by atoms with van der Waals surface area (Å²) in [5.41, 5.74) is -0.211. The topological polar surface area (TPSA) is 103 Å². The first-order valence-electron chi connectivity index (χ1n) is 8.55. The van der Waals surface area contributed by atoms with Crippen molar-refractivity contribution in [2.24, 2.45) is 0 Å². The Labute approximate surface area is 196 Å². The molecule has 0 atom stereocenters. The molecule has 0 fully saturated rings. The van der Waals surface area contributed by atoms with Crippen LogP contribution in [-0.4, -0.2) is 21.0 Å². The van der Waals surface area contributed by atoms with Crippen molar-refractivity contribution in [1.29, 1.82) is 0 Å². The summed E-state index contributed by atoms with van der Waals surface area (Å²) in [7, 11) is 0. The standard InChI is InChI=1S/C20H12Cl4N2O5/c21-14-7-4-8-15(22)13(14)10-31-16-9-12(19(27)28)17(25-18(16)26(29)30)20(23,24)11-5-2-1-3-6-11/h1-9H,10H2,(H,27,28). The summed E-state index contributed by atoms with van der Waals surface area (Å²) in [5.74, 6) is -2.61. The van der Waals surface area contributed by atoms with Crippen molar-refractivity contribution in [3.8, 4) is 5.75 Å². The van der Waals surface area contributed by atoms with Crippen molar-refractivity contribution in [3.63, 3.8) is 0 Å². The zero-order valence-electron chi connectivity index (χ0n) is 15.4. The zero-order valence-corrected chi connectivity index (χ0v) is 18.4. The Bertz CT molecular complexity index is 1140. The third-order valence-electron chi connectivity index (χ3n) is 4.24. The second-order valence-electron chi connectivity index (χ2n) is 6.20. The molecule has 0 amide bonds. The lowest BCUT2D eigenvalue weighted by molar-refractivity contribution is -0.390. The number of nitro groups is 1. The lowest BCUT2D eigenvalue weighted by Gasteiger charge is -2.19. The van der Waals surface area contributed by atoms with Crippen LogP contribution in [-0.2, 0) is 10.9 Å². The largest absolute Gasteiger partial charge is 0.481 e. The van der Waals surface area contributed by atoms with E-state index in [4.69, 9.17) is 51.1 Å². The van der Waals surface area contributed by atoms with Crippen LogP contribution in [0.15, 0.2) is 54.6 Å². The molecular weight excluding hydrogens is 490 g/mol. The molecule has 0 radical (unpaired) electrons. The van der Waals surface area contributed by atoms with Gasteiger partial charge in [-0.1, -0.05) is 82.8 Å². The van der Waals surface area contributed by atoms with Gasteiger partial charge in [-0.2, -0.15) is 0 Å². The van der Waals surface area contributed by atoms with E-state index >= 15 is 0 Å². The van der Waals surface area contributed by atoms with Gasteiger partial charge in [0.25, 0.3) is 0 Å². The van der Waals surface area contributed by atoms with E-state index in [0.717, 1.165) is 6.07 Å². The van der Waals surface area contributed by atoms with Gasteiger partial charge in [-0.3, -0.25) is 0 Å². The number of alkyl halides is 2. The minimum absolute atomic E-state index is 0.259. The average Bonchev–Trinajstić information content (AvgIpc) is 2.73. The van der Waals surface area contributed by atoms with E-state index in [0.29, 0.717) is 11.1 Å². The van der Waals surface area contributed by atoms with Crippen molar-refractivity contribution in [2.75, 3.05) is 0 Å². The van der Waals surface area contributed by atoms with Gasteiger partial charge in [0.1, 0.15) is 12.2 Å². The molecule has 31 heavy (non-hydrogen) atoms. The highest BCUT2D eigenvalue weighted by molar-refractivity contribution is 6.50. The van der Waals surface area contributed by atoms with E-state index in [1.165, 1.54) is 0 Å². The molecule has 2 aromatic carbocycles. The summed E-state index contributed by atoms with van der Waals surface area (Å²) in [6.45, 7) is -0.259. The number of halogens is 4. The van der Waals surface area contributed by atoms with E-state index in [-0.39, 0.29) is 16.7 Å². The average molecular weight is 502 g/mol. The van der Waals surface area contributed by atoms with Crippen molar-refractivity contribution in [2.45, 2.75) is 10.9 Å². The predicted molar refractivity (Wildman–Crippen MR) is 118 cm³/mol. The smallest absolute Gasteiger partial charge is 0.406 e. The van der Waals surface area contributed by atoms with Crippen LogP contribution in [0.3, 0.4) is 0 Å². The molecule has 0 aliphatic heterocycles. The fraction of sp³-hybridized carbons (Fsp3) is 0.100. The number of aromatic nitrogens is 1. The van der Waals surface area contributed by atoms with E-state index < -0.39 is 38.1 Å². The van der Waals surface area contributed by atoms with Crippen LogP contribution in [0.5, 0.6) is 5.75 Å². The summed E-state index contributed by atoms with van der Waals surface area (Å²) < 4.78 is 3.52. The van der Waals surface area contributed by atoms with Crippen LogP contribution in [0.25, 0.3) is 0 Å². The number of aromatic carboxylic acids is 1. The second kappa shape index (κ2) is 9.28. The number of rotatable bonds is 7. The lowest BCUT2D eigenvalue weighted by atomic mass is 10.0. The van der Waals surface area contributed by atoms with Gasteiger partial charge in [-0.25, -0.2) is 4.79 Å². The maximum Gasteiger partial charge on any atom is 0.406 e. The number of ether oxygens (including phenoxy) is 1. The van der Waals surface area contributed by atoms with Gasteiger partial charge >= 0.3 is 11.8 Å². The first-order valence-corrected chi connectivity index (χ1v) is 10.1. The predicted octanol–water partition coefficient (Wildman–Crippen LogP) is 6.25. The number of carbonyl (C=O) groups is 1.